The highest BCUT2D eigenvalue weighted by Gasteiger charge is 2.13. The predicted octanol–water partition coefficient (Wildman–Crippen LogP) is 0.747. The zero-order valence-electron chi connectivity index (χ0n) is 5.73. The Morgan fingerprint density at radius 1 is 1.73 bits per heavy atom. The summed E-state index contributed by atoms with van der Waals surface area (Å²) in [6.07, 6.45) is 1.55. The molecular formula is C6H7N3OS. The summed E-state index contributed by atoms with van der Waals surface area (Å²) in [5.41, 5.74) is 5.34. The number of thiazole rings is 1. The molecule has 0 aliphatic carbocycles. The van der Waals surface area contributed by atoms with Crippen LogP contribution in [0, 0.1) is 0 Å². The van der Waals surface area contributed by atoms with Gasteiger partial charge in [0.25, 0.3) is 0 Å². The Morgan fingerprint density at radius 2 is 2.73 bits per heavy atom. The van der Waals surface area contributed by atoms with Gasteiger partial charge in [0.2, 0.25) is 0 Å². The molecule has 0 radical (unpaired) electrons. The van der Waals surface area contributed by atoms with Gasteiger partial charge in [-0.25, -0.2) is 4.98 Å². The summed E-state index contributed by atoms with van der Waals surface area (Å²) in [6, 6.07) is 0.0718. The minimum Gasteiger partial charge on any atom is -0.273 e. The minimum atomic E-state index is 0.0718. The molecule has 1 atom stereocenters. The zero-order valence-corrected chi connectivity index (χ0v) is 6.54. The number of aromatic nitrogens is 1. The molecule has 0 fully saturated rings. The van der Waals surface area contributed by atoms with Crippen molar-refractivity contribution in [3.8, 4) is 0 Å². The molecule has 1 aromatic heterocycles. The van der Waals surface area contributed by atoms with Gasteiger partial charge in [-0.2, -0.15) is 0 Å². The summed E-state index contributed by atoms with van der Waals surface area (Å²) in [5.74, 6) is 0. The van der Waals surface area contributed by atoms with Crippen LogP contribution in [0.2, 0.25) is 0 Å². The van der Waals surface area contributed by atoms with E-state index in [0.717, 1.165) is 5.69 Å². The summed E-state index contributed by atoms with van der Waals surface area (Å²) >= 11 is 1.57. The van der Waals surface area contributed by atoms with Crippen molar-refractivity contribution < 1.29 is 4.84 Å². The van der Waals surface area contributed by atoms with E-state index in [1.54, 1.807) is 23.2 Å². The van der Waals surface area contributed by atoms with Gasteiger partial charge in [-0.3, -0.25) is 15.3 Å². The summed E-state index contributed by atoms with van der Waals surface area (Å²) in [6.45, 7) is 0.556. The van der Waals surface area contributed by atoms with Gasteiger partial charge in [0.05, 0.1) is 11.2 Å². The van der Waals surface area contributed by atoms with E-state index in [9.17, 15) is 0 Å². The van der Waals surface area contributed by atoms with Gasteiger partial charge < -0.3 is 0 Å². The van der Waals surface area contributed by atoms with Crippen molar-refractivity contribution in [1.29, 1.82) is 0 Å². The first-order valence-corrected chi connectivity index (χ1v) is 4.18. The van der Waals surface area contributed by atoms with Gasteiger partial charge in [0.15, 0.2) is 0 Å². The van der Waals surface area contributed by atoms with Gasteiger partial charge >= 0.3 is 0 Å². The standard InChI is InChI=1S/C6H7N3OS/c1-5(7-3-9-10-1)6-2-11-4-8-6/h2-5H,1H2,(H,7,9). The average molecular weight is 169 g/mol. The molecule has 1 unspecified atom stereocenters. The quantitative estimate of drug-likeness (QED) is 0.674. The monoisotopic (exact) mass is 169 g/mol. The molecular weight excluding hydrogens is 162 g/mol. The number of hydrogen-bond donors (Lipinski definition) is 1. The second-order valence-electron chi connectivity index (χ2n) is 2.14. The molecule has 5 heteroatoms. The molecule has 0 saturated carbocycles. The van der Waals surface area contributed by atoms with Crippen molar-refractivity contribution in [3.63, 3.8) is 0 Å². The van der Waals surface area contributed by atoms with Crippen LogP contribution < -0.4 is 5.48 Å². The molecule has 0 saturated heterocycles. The Labute approximate surface area is 67.9 Å². The van der Waals surface area contributed by atoms with Crippen LogP contribution in [0.3, 0.4) is 0 Å². The largest absolute Gasteiger partial charge is 0.273 e. The normalized spacial score (nSPS) is 23.1. The van der Waals surface area contributed by atoms with E-state index < -0.39 is 0 Å². The van der Waals surface area contributed by atoms with Crippen LogP contribution in [0.5, 0.6) is 0 Å². The Morgan fingerprint density at radius 3 is 3.36 bits per heavy atom. The van der Waals surface area contributed by atoms with Gasteiger partial charge in [-0.1, -0.05) is 0 Å². The van der Waals surface area contributed by atoms with Crippen LogP contribution in [-0.4, -0.2) is 17.9 Å². The van der Waals surface area contributed by atoms with Gasteiger partial charge in [-0.05, 0) is 0 Å². The van der Waals surface area contributed by atoms with Gasteiger partial charge in [0.1, 0.15) is 19.0 Å². The Kier molecular flexibility index (Phi) is 1.83. The van der Waals surface area contributed by atoms with Crippen molar-refractivity contribution in [3.05, 3.63) is 16.6 Å². The third kappa shape index (κ3) is 1.38. The molecule has 1 aromatic rings. The van der Waals surface area contributed by atoms with Crippen LogP contribution in [0.25, 0.3) is 0 Å². The SMILES string of the molecule is C1=NC(c2cscn2)CON1. The Bertz CT molecular complexity index is 246. The summed E-state index contributed by atoms with van der Waals surface area (Å²) in [7, 11) is 0. The molecule has 0 amide bonds. The summed E-state index contributed by atoms with van der Waals surface area (Å²) in [4.78, 5) is 13.3. The van der Waals surface area contributed by atoms with Crippen LogP contribution in [-0.2, 0) is 4.84 Å². The van der Waals surface area contributed by atoms with Crippen molar-refractivity contribution in [2.45, 2.75) is 6.04 Å². The number of nitrogens with one attached hydrogen (secondary N) is 1. The minimum absolute atomic E-state index is 0.0718. The fourth-order valence-electron chi connectivity index (χ4n) is 0.876. The van der Waals surface area contributed by atoms with E-state index in [4.69, 9.17) is 4.84 Å². The van der Waals surface area contributed by atoms with Crippen molar-refractivity contribution in [1.82, 2.24) is 10.5 Å². The van der Waals surface area contributed by atoms with E-state index in [1.165, 1.54) is 0 Å². The number of hydroxylamine groups is 1. The van der Waals surface area contributed by atoms with Gasteiger partial charge in [0, 0.05) is 5.38 Å². The first-order chi connectivity index (χ1) is 5.47. The maximum atomic E-state index is 4.97. The third-order valence-corrected chi connectivity index (χ3v) is 2.03. The highest BCUT2D eigenvalue weighted by molar-refractivity contribution is 7.07. The molecule has 2 heterocycles. The number of nitrogens with zero attached hydrogens (tertiary/aromatic N) is 2. The lowest BCUT2D eigenvalue weighted by Gasteiger charge is -2.14. The first-order valence-electron chi connectivity index (χ1n) is 3.24. The molecule has 0 aromatic carbocycles. The molecule has 4 nitrogen and oxygen atoms in total. The number of rotatable bonds is 1. The molecule has 0 spiro atoms. The summed E-state index contributed by atoms with van der Waals surface area (Å²) in [5, 5.41) is 1.98. The van der Waals surface area contributed by atoms with E-state index in [2.05, 4.69) is 15.5 Å². The molecule has 1 aliphatic heterocycles. The fourth-order valence-corrected chi connectivity index (χ4v) is 1.48. The van der Waals surface area contributed by atoms with Crippen LogP contribution in [0.4, 0.5) is 0 Å². The highest BCUT2D eigenvalue weighted by Crippen LogP contribution is 2.17. The lowest BCUT2D eigenvalue weighted by atomic mass is 10.2. The fraction of sp³-hybridized carbons (Fsp3) is 0.333. The van der Waals surface area contributed by atoms with E-state index >= 15 is 0 Å². The molecule has 0 bridgehead atoms. The van der Waals surface area contributed by atoms with Crippen molar-refractivity contribution in [2.24, 2.45) is 4.99 Å². The predicted molar refractivity (Wildman–Crippen MR) is 42.4 cm³/mol. The lowest BCUT2D eigenvalue weighted by Crippen LogP contribution is -2.22. The Balaban J connectivity index is 2.16. The van der Waals surface area contributed by atoms with E-state index in [0.29, 0.717) is 6.61 Å². The van der Waals surface area contributed by atoms with E-state index in [1.807, 2.05) is 5.38 Å². The molecule has 2 rings (SSSR count). The maximum absolute atomic E-state index is 4.97. The van der Waals surface area contributed by atoms with Crippen LogP contribution in [0.15, 0.2) is 15.9 Å². The molecule has 11 heavy (non-hydrogen) atoms. The number of hydrogen-bond acceptors (Lipinski definition) is 5. The van der Waals surface area contributed by atoms with Crippen LogP contribution >= 0.6 is 11.3 Å². The van der Waals surface area contributed by atoms with E-state index in [-0.39, 0.29) is 6.04 Å². The maximum Gasteiger partial charge on any atom is 0.120 e. The van der Waals surface area contributed by atoms with Crippen LogP contribution in [0.1, 0.15) is 11.7 Å². The Hall–Kier alpha value is -0.940. The second-order valence-corrected chi connectivity index (χ2v) is 2.85. The topological polar surface area (TPSA) is 46.5 Å². The lowest BCUT2D eigenvalue weighted by molar-refractivity contribution is 0.0653. The first kappa shape index (κ1) is 6.75. The van der Waals surface area contributed by atoms with Crippen molar-refractivity contribution >= 4 is 17.7 Å². The zero-order chi connectivity index (χ0) is 7.52. The smallest absolute Gasteiger partial charge is 0.120 e. The molecule has 1 aliphatic rings. The second kappa shape index (κ2) is 2.98. The van der Waals surface area contributed by atoms with Gasteiger partial charge in [-0.15, -0.1) is 11.3 Å². The number of aliphatic imine (C=N–C) groups is 1. The van der Waals surface area contributed by atoms with Crippen molar-refractivity contribution in [2.75, 3.05) is 6.61 Å². The highest BCUT2D eigenvalue weighted by atomic mass is 32.1. The summed E-state index contributed by atoms with van der Waals surface area (Å²) < 4.78 is 0. The molecule has 1 N–H and O–H groups in total. The molecule has 58 valence electrons. The third-order valence-electron chi connectivity index (χ3n) is 1.42. The average Bonchev–Trinajstić information content (AvgIpc) is 2.58.